The van der Waals surface area contributed by atoms with Crippen molar-refractivity contribution in [3.05, 3.63) is 29.6 Å². The minimum absolute atomic E-state index is 0. The zero-order chi connectivity index (χ0) is 13.1. The fraction of sp³-hybridized carbons (Fsp3) is 0.167. The van der Waals surface area contributed by atoms with Gasteiger partial charge in [0, 0.05) is 30.7 Å². The van der Waals surface area contributed by atoms with Gasteiger partial charge >= 0.3 is 0 Å². The van der Waals surface area contributed by atoms with Gasteiger partial charge in [0.2, 0.25) is 5.13 Å². The fourth-order valence-electron chi connectivity index (χ4n) is 1.50. The predicted octanol–water partition coefficient (Wildman–Crippen LogP) is 2.36. The van der Waals surface area contributed by atoms with Gasteiger partial charge in [-0.15, -0.1) is 28.3 Å². The first-order valence-corrected chi connectivity index (χ1v) is 6.27. The van der Waals surface area contributed by atoms with Crippen molar-refractivity contribution in [2.75, 3.05) is 19.0 Å². The SMILES string of the molecule is Br.CN(C)c1cccc(-c2csc(N=C(N)N)n2)c1. The highest BCUT2D eigenvalue weighted by Crippen LogP contribution is 2.28. The summed E-state index contributed by atoms with van der Waals surface area (Å²) in [5.41, 5.74) is 13.7. The van der Waals surface area contributed by atoms with Gasteiger partial charge in [-0.05, 0) is 12.1 Å². The minimum atomic E-state index is 0. The number of hydrogen-bond acceptors (Lipinski definition) is 4. The van der Waals surface area contributed by atoms with Gasteiger partial charge in [-0.1, -0.05) is 12.1 Å². The normalized spacial score (nSPS) is 9.58. The van der Waals surface area contributed by atoms with Crippen molar-refractivity contribution < 1.29 is 0 Å². The van der Waals surface area contributed by atoms with Gasteiger partial charge in [-0.25, -0.2) is 4.98 Å². The van der Waals surface area contributed by atoms with Gasteiger partial charge < -0.3 is 16.4 Å². The van der Waals surface area contributed by atoms with E-state index in [2.05, 4.69) is 16.0 Å². The molecule has 0 amide bonds. The molecule has 1 aromatic heterocycles. The maximum absolute atomic E-state index is 5.32. The average Bonchev–Trinajstić information content (AvgIpc) is 2.77. The average molecular weight is 342 g/mol. The van der Waals surface area contributed by atoms with Crippen molar-refractivity contribution in [2.24, 2.45) is 16.5 Å². The molecule has 0 saturated carbocycles. The molecule has 0 aliphatic carbocycles. The number of aliphatic imine (C=N–C) groups is 1. The number of anilines is 1. The van der Waals surface area contributed by atoms with Crippen molar-refractivity contribution in [1.82, 2.24) is 4.98 Å². The molecule has 5 nitrogen and oxygen atoms in total. The predicted molar refractivity (Wildman–Crippen MR) is 87.7 cm³/mol. The number of thiazole rings is 1. The summed E-state index contributed by atoms with van der Waals surface area (Å²) in [5.74, 6) is 0.0259. The van der Waals surface area contributed by atoms with Crippen LogP contribution in [0.25, 0.3) is 11.3 Å². The first-order chi connectivity index (χ1) is 8.56. The second-order valence-corrected chi connectivity index (χ2v) is 4.83. The summed E-state index contributed by atoms with van der Waals surface area (Å²) in [6.45, 7) is 0. The summed E-state index contributed by atoms with van der Waals surface area (Å²) in [6.07, 6.45) is 0. The standard InChI is InChI=1S/C12H15N5S.BrH/c1-17(2)9-5-3-4-8(6-9)10-7-18-12(15-10)16-11(13)14;/h3-7H,1-2H3,(H4,13,14,15,16);1H. The molecule has 102 valence electrons. The third-order valence-corrected chi connectivity index (χ3v) is 3.11. The highest BCUT2D eigenvalue weighted by molar-refractivity contribution is 8.93. The highest BCUT2D eigenvalue weighted by Gasteiger charge is 2.05. The van der Waals surface area contributed by atoms with Gasteiger partial charge in [-0.2, -0.15) is 4.99 Å². The Hall–Kier alpha value is -1.60. The Morgan fingerprint density at radius 2 is 2.05 bits per heavy atom. The van der Waals surface area contributed by atoms with Gasteiger partial charge in [0.1, 0.15) is 0 Å². The van der Waals surface area contributed by atoms with Crippen LogP contribution in [0, 0.1) is 0 Å². The molecule has 1 aromatic carbocycles. The van der Waals surface area contributed by atoms with Gasteiger partial charge in [-0.3, -0.25) is 0 Å². The molecule has 4 N–H and O–H groups in total. The third-order valence-electron chi connectivity index (χ3n) is 2.38. The summed E-state index contributed by atoms with van der Waals surface area (Å²) in [7, 11) is 4.01. The van der Waals surface area contributed by atoms with Crippen LogP contribution in [-0.4, -0.2) is 25.0 Å². The molecule has 0 bridgehead atoms. The van der Waals surface area contributed by atoms with Crippen LogP contribution < -0.4 is 16.4 Å². The van der Waals surface area contributed by atoms with E-state index in [1.54, 1.807) is 0 Å². The van der Waals surface area contributed by atoms with Crippen LogP contribution >= 0.6 is 28.3 Å². The summed E-state index contributed by atoms with van der Waals surface area (Å²) in [5, 5.41) is 2.51. The van der Waals surface area contributed by atoms with E-state index >= 15 is 0 Å². The number of nitrogens with two attached hydrogens (primary N) is 2. The second-order valence-electron chi connectivity index (χ2n) is 4.00. The zero-order valence-corrected chi connectivity index (χ0v) is 13.2. The van der Waals surface area contributed by atoms with Gasteiger partial charge in [0.25, 0.3) is 0 Å². The Kier molecular flexibility index (Phi) is 5.31. The highest BCUT2D eigenvalue weighted by atomic mass is 79.9. The summed E-state index contributed by atoms with van der Waals surface area (Å²) in [4.78, 5) is 10.4. The summed E-state index contributed by atoms with van der Waals surface area (Å²) >= 11 is 1.41. The number of rotatable bonds is 3. The monoisotopic (exact) mass is 341 g/mol. The van der Waals surface area contributed by atoms with E-state index in [1.807, 2.05) is 42.6 Å². The Morgan fingerprint density at radius 3 is 2.68 bits per heavy atom. The topological polar surface area (TPSA) is 80.5 Å². The molecule has 0 aliphatic heterocycles. The van der Waals surface area contributed by atoms with Crippen molar-refractivity contribution in [1.29, 1.82) is 0 Å². The van der Waals surface area contributed by atoms with Crippen LogP contribution in [0.5, 0.6) is 0 Å². The lowest BCUT2D eigenvalue weighted by atomic mass is 10.1. The number of halogens is 1. The zero-order valence-electron chi connectivity index (χ0n) is 10.7. The lowest BCUT2D eigenvalue weighted by Gasteiger charge is -2.12. The number of aromatic nitrogens is 1. The molecule has 0 fully saturated rings. The third kappa shape index (κ3) is 3.93. The lowest BCUT2D eigenvalue weighted by molar-refractivity contribution is 1.13. The molecule has 0 radical (unpaired) electrons. The molecule has 2 aromatic rings. The maximum Gasteiger partial charge on any atom is 0.212 e. The molecule has 2 rings (SSSR count). The molecule has 7 heteroatoms. The van der Waals surface area contributed by atoms with Crippen LogP contribution in [0.3, 0.4) is 0 Å². The van der Waals surface area contributed by atoms with Crippen LogP contribution in [0.1, 0.15) is 0 Å². The molecule has 0 aliphatic rings. The van der Waals surface area contributed by atoms with Crippen molar-refractivity contribution in [2.45, 2.75) is 0 Å². The van der Waals surface area contributed by atoms with Crippen molar-refractivity contribution in [3.8, 4) is 11.3 Å². The van der Waals surface area contributed by atoms with E-state index in [0.29, 0.717) is 5.13 Å². The Bertz CT molecular complexity index is 575. The maximum atomic E-state index is 5.32. The van der Waals surface area contributed by atoms with Crippen LogP contribution in [-0.2, 0) is 0 Å². The quantitative estimate of drug-likeness (QED) is 0.663. The van der Waals surface area contributed by atoms with Crippen LogP contribution in [0.2, 0.25) is 0 Å². The van der Waals surface area contributed by atoms with E-state index in [9.17, 15) is 0 Å². The summed E-state index contributed by atoms with van der Waals surface area (Å²) in [6, 6.07) is 8.15. The van der Waals surface area contributed by atoms with E-state index in [0.717, 1.165) is 16.9 Å². The molecular formula is C12H16BrN5S. The van der Waals surface area contributed by atoms with E-state index in [4.69, 9.17) is 11.5 Å². The number of nitrogens with zero attached hydrogens (tertiary/aromatic N) is 3. The Balaban J connectivity index is 0.00000180. The van der Waals surface area contributed by atoms with Crippen LogP contribution in [0.4, 0.5) is 10.8 Å². The van der Waals surface area contributed by atoms with E-state index in [-0.39, 0.29) is 22.9 Å². The molecule has 0 spiro atoms. The van der Waals surface area contributed by atoms with Gasteiger partial charge in [0.05, 0.1) is 5.69 Å². The number of benzene rings is 1. The molecule has 1 heterocycles. The van der Waals surface area contributed by atoms with Crippen molar-refractivity contribution >= 4 is 45.1 Å². The Morgan fingerprint density at radius 1 is 1.32 bits per heavy atom. The largest absolute Gasteiger partial charge is 0.378 e. The van der Waals surface area contributed by atoms with E-state index < -0.39 is 0 Å². The Labute approximate surface area is 126 Å². The molecule has 0 unspecified atom stereocenters. The first-order valence-electron chi connectivity index (χ1n) is 5.39. The van der Waals surface area contributed by atoms with E-state index in [1.165, 1.54) is 11.3 Å². The number of hydrogen-bond donors (Lipinski definition) is 2. The minimum Gasteiger partial charge on any atom is -0.378 e. The number of guanidine groups is 1. The fourth-order valence-corrected chi connectivity index (χ4v) is 2.22. The molecule has 0 atom stereocenters. The second kappa shape index (κ2) is 6.53. The van der Waals surface area contributed by atoms with Gasteiger partial charge in [0.15, 0.2) is 5.96 Å². The smallest absolute Gasteiger partial charge is 0.212 e. The molecular weight excluding hydrogens is 326 g/mol. The molecule has 19 heavy (non-hydrogen) atoms. The summed E-state index contributed by atoms with van der Waals surface area (Å²) < 4.78 is 0. The van der Waals surface area contributed by atoms with Crippen molar-refractivity contribution in [3.63, 3.8) is 0 Å². The molecule has 0 saturated heterocycles. The first kappa shape index (κ1) is 15.5. The lowest BCUT2D eigenvalue weighted by Crippen LogP contribution is -2.21. The van der Waals surface area contributed by atoms with Crippen LogP contribution in [0.15, 0.2) is 34.6 Å².